The SMILES string of the molecule is CC(=O)Cc1ccc(-c2nn(-c3ccccc3)cc2I)cn1. The first kappa shape index (κ1) is 14.9. The van der Waals surface area contributed by atoms with Crippen molar-refractivity contribution in [2.24, 2.45) is 0 Å². The number of hydrogen-bond donors (Lipinski definition) is 0. The van der Waals surface area contributed by atoms with Gasteiger partial charge in [0.1, 0.15) is 11.5 Å². The largest absolute Gasteiger partial charge is 0.300 e. The van der Waals surface area contributed by atoms with E-state index in [9.17, 15) is 4.79 Å². The number of para-hydroxylation sites is 1. The van der Waals surface area contributed by atoms with Crippen LogP contribution in [-0.4, -0.2) is 20.5 Å². The van der Waals surface area contributed by atoms with E-state index >= 15 is 0 Å². The van der Waals surface area contributed by atoms with Gasteiger partial charge in [0.25, 0.3) is 0 Å². The van der Waals surface area contributed by atoms with Crippen LogP contribution in [0.1, 0.15) is 12.6 Å². The van der Waals surface area contributed by atoms with Crippen LogP contribution in [0, 0.1) is 3.57 Å². The normalized spacial score (nSPS) is 10.6. The smallest absolute Gasteiger partial charge is 0.135 e. The monoisotopic (exact) mass is 403 g/mol. The van der Waals surface area contributed by atoms with E-state index in [0.29, 0.717) is 6.42 Å². The van der Waals surface area contributed by atoms with Crippen molar-refractivity contribution in [1.82, 2.24) is 14.8 Å². The van der Waals surface area contributed by atoms with Crippen LogP contribution in [0.2, 0.25) is 0 Å². The molecule has 0 N–H and O–H groups in total. The Morgan fingerprint density at radius 1 is 1.18 bits per heavy atom. The third-order valence-electron chi connectivity index (χ3n) is 3.22. The Morgan fingerprint density at radius 2 is 1.95 bits per heavy atom. The Morgan fingerprint density at radius 3 is 2.59 bits per heavy atom. The van der Waals surface area contributed by atoms with Crippen LogP contribution in [0.25, 0.3) is 16.9 Å². The first-order valence-corrected chi connectivity index (χ1v) is 7.96. The lowest BCUT2D eigenvalue weighted by molar-refractivity contribution is -0.116. The summed E-state index contributed by atoms with van der Waals surface area (Å²) in [5.41, 5.74) is 3.65. The molecule has 22 heavy (non-hydrogen) atoms. The van der Waals surface area contributed by atoms with Crippen molar-refractivity contribution in [3.63, 3.8) is 0 Å². The molecular weight excluding hydrogens is 389 g/mol. The summed E-state index contributed by atoms with van der Waals surface area (Å²) in [5.74, 6) is 0.114. The van der Waals surface area contributed by atoms with Gasteiger partial charge in [-0.1, -0.05) is 18.2 Å². The fourth-order valence-corrected chi connectivity index (χ4v) is 2.87. The second-order valence-electron chi connectivity index (χ2n) is 5.02. The molecule has 0 unspecified atom stereocenters. The average molecular weight is 403 g/mol. The third-order valence-corrected chi connectivity index (χ3v) is 4.01. The molecule has 0 aliphatic rings. The summed E-state index contributed by atoms with van der Waals surface area (Å²) in [6, 6.07) is 13.8. The number of carbonyl (C=O) groups excluding carboxylic acids is 1. The molecule has 5 heteroatoms. The van der Waals surface area contributed by atoms with E-state index in [1.54, 1.807) is 13.1 Å². The van der Waals surface area contributed by atoms with Gasteiger partial charge in [-0.25, -0.2) is 4.68 Å². The number of hydrogen-bond acceptors (Lipinski definition) is 3. The Hall–Kier alpha value is -2.02. The summed E-state index contributed by atoms with van der Waals surface area (Å²) in [6.45, 7) is 1.57. The summed E-state index contributed by atoms with van der Waals surface area (Å²) in [5, 5.41) is 4.64. The Balaban J connectivity index is 1.92. The highest BCUT2D eigenvalue weighted by Crippen LogP contribution is 2.24. The van der Waals surface area contributed by atoms with Crippen LogP contribution < -0.4 is 0 Å². The third kappa shape index (κ3) is 3.24. The van der Waals surface area contributed by atoms with E-state index in [2.05, 4.69) is 32.7 Å². The van der Waals surface area contributed by atoms with Crippen molar-refractivity contribution in [3.8, 4) is 16.9 Å². The number of Topliss-reactive ketones (excluding diaryl/α,β-unsaturated/α-hetero) is 1. The number of aromatic nitrogens is 3. The van der Waals surface area contributed by atoms with Gasteiger partial charge < -0.3 is 0 Å². The molecule has 4 nitrogen and oxygen atoms in total. The molecule has 3 aromatic rings. The minimum Gasteiger partial charge on any atom is -0.300 e. The first-order valence-electron chi connectivity index (χ1n) is 6.89. The number of nitrogens with zero attached hydrogens (tertiary/aromatic N) is 3. The Labute approximate surface area is 142 Å². The fraction of sp³-hybridized carbons (Fsp3) is 0.118. The topological polar surface area (TPSA) is 47.8 Å². The van der Waals surface area contributed by atoms with Gasteiger partial charge in [-0.05, 0) is 53.8 Å². The lowest BCUT2D eigenvalue weighted by Crippen LogP contribution is -1.99. The molecule has 0 aliphatic carbocycles. The standard InChI is InChI=1S/C17H14IN3O/c1-12(22)9-14-8-7-13(10-19-14)17-16(18)11-21(20-17)15-5-3-2-4-6-15/h2-8,10-11H,9H2,1H3. The van der Waals surface area contributed by atoms with E-state index in [-0.39, 0.29) is 5.78 Å². The summed E-state index contributed by atoms with van der Waals surface area (Å²) in [7, 11) is 0. The maximum atomic E-state index is 11.1. The molecule has 2 aromatic heterocycles. The molecular formula is C17H14IN3O. The number of halogens is 1. The van der Waals surface area contributed by atoms with Gasteiger partial charge >= 0.3 is 0 Å². The molecule has 0 fully saturated rings. The highest BCUT2D eigenvalue weighted by Gasteiger charge is 2.11. The second kappa shape index (κ2) is 6.39. The van der Waals surface area contributed by atoms with Crippen LogP contribution in [0.5, 0.6) is 0 Å². The maximum absolute atomic E-state index is 11.1. The van der Waals surface area contributed by atoms with E-state index in [1.165, 1.54) is 0 Å². The molecule has 3 rings (SSSR count). The lowest BCUT2D eigenvalue weighted by Gasteiger charge is -2.01. The van der Waals surface area contributed by atoms with Gasteiger partial charge in [-0.3, -0.25) is 9.78 Å². The molecule has 0 amide bonds. The van der Waals surface area contributed by atoms with Crippen molar-refractivity contribution < 1.29 is 4.79 Å². The van der Waals surface area contributed by atoms with Gasteiger partial charge in [0, 0.05) is 30.1 Å². The lowest BCUT2D eigenvalue weighted by atomic mass is 10.1. The summed E-state index contributed by atoms with van der Waals surface area (Å²) < 4.78 is 2.92. The van der Waals surface area contributed by atoms with E-state index in [0.717, 1.165) is 26.2 Å². The zero-order chi connectivity index (χ0) is 15.5. The van der Waals surface area contributed by atoms with Crippen molar-refractivity contribution in [2.75, 3.05) is 0 Å². The van der Waals surface area contributed by atoms with Crippen LogP contribution >= 0.6 is 22.6 Å². The van der Waals surface area contributed by atoms with Crippen molar-refractivity contribution in [2.45, 2.75) is 13.3 Å². The second-order valence-corrected chi connectivity index (χ2v) is 6.18. The van der Waals surface area contributed by atoms with Crippen LogP contribution in [0.3, 0.4) is 0 Å². The molecule has 0 bridgehead atoms. The van der Waals surface area contributed by atoms with Gasteiger partial charge in [-0.15, -0.1) is 0 Å². The minimum atomic E-state index is 0.114. The summed E-state index contributed by atoms with van der Waals surface area (Å²) >= 11 is 2.27. The van der Waals surface area contributed by atoms with Gasteiger partial charge in [0.05, 0.1) is 9.26 Å². The fourth-order valence-electron chi connectivity index (χ4n) is 2.19. The first-order chi connectivity index (χ1) is 10.6. The van der Waals surface area contributed by atoms with Crippen LogP contribution in [0.4, 0.5) is 0 Å². The predicted molar refractivity (Wildman–Crippen MR) is 93.9 cm³/mol. The number of carbonyl (C=O) groups is 1. The molecule has 0 aliphatic heterocycles. The quantitative estimate of drug-likeness (QED) is 0.625. The van der Waals surface area contributed by atoms with Gasteiger partial charge in [-0.2, -0.15) is 5.10 Å². The van der Waals surface area contributed by atoms with E-state index in [4.69, 9.17) is 0 Å². The highest BCUT2D eigenvalue weighted by atomic mass is 127. The average Bonchev–Trinajstić information content (AvgIpc) is 2.90. The molecule has 2 heterocycles. The molecule has 0 spiro atoms. The van der Waals surface area contributed by atoms with Crippen molar-refractivity contribution >= 4 is 28.4 Å². The number of benzene rings is 1. The number of pyridine rings is 1. The molecule has 0 saturated heterocycles. The summed E-state index contributed by atoms with van der Waals surface area (Å²) in [4.78, 5) is 15.5. The molecule has 110 valence electrons. The van der Waals surface area contributed by atoms with E-state index in [1.807, 2.05) is 53.3 Å². The van der Waals surface area contributed by atoms with E-state index < -0.39 is 0 Å². The molecule has 1 aromatic carbocycles. The number of rotatable bonds is 4. The predicted octanol–water partition coefficient (Wildman–Crippen LogP) is 3.67. The van der Waals surface area contributed by atoms with Crippen molar-refractivity contribution in [1.29, 1.82) is 0 Å². The zero-order valence-corrected chi connectivity index (χ0v) is 14.2. The maximum Gasteiger partial charge on any atom is 0.135 e. The Kier molecular flexibility index (Phi) is 4.33. The molecule has 0 radical (unpaired) electrons. The minimum absolute atomic E-state index is 0.114. The molecule has 0 atom stereocenters. The summed E-state index contributed by atoms with van der Waals surface area (Å²) in [6.07, 6.45) is 4.14. The van der Waals surface area contributed by atoms with Crippen LogP contribution in [0.15, 0.2) is 54.9 Å². The van der Waals surface area contributed by atoms with Crippen LogP contribution in [-0.2, 0) is 11.2 Å². The van der Waals surface area contributed by atoms with Gasteiger partial charge in [0.2, 0.25) is 0 Å². The zero-order valence-electron chi connectivity index (χ0n) is 12.0. The highest BCUT2D eigenvalue weighted by molar-refractivity contribution is 14.1. The number of ketones is 1. The van der Waals surface area contributed by atoms with Crippen molar-refractivity contribution in [3.05, 3.63) is 64.1 Å². The molecule has 0 saturated carbocycles. The van der Waals surface area contributed by atoms with Gasteiger partial charge in [0.15, 0.2) is 0 Å². The Bertz CT molecular complexity index is 795.